The zero-order chi connectivity index (χ0) is 18.9. The Balaban J connectivity index is 2.05. The highest BCUT2D eigenvalue weighted by molar-refractivity contribution is 5.94. The molecule has 0 atom stereocenters. The van der Waals surface area contributed by atoms with Crippen molar-refractivity contribution in [1.82, 2.24) is 0 Å². The van der Waals surface area contributed by atoms with Gasteiger partial charge in [-0.15, -0.1) is 0 Å². The monoisotopic (exact) mass is 357 g/mol. The minimum absolute atomic E-state index is 0.0149. The summed E-state index contributed by atoms with van der Waals surface area (Å²) in [5.74, 6) is 1.94. The van der Waals surface area contributed by atoms with Crippen LogP contribution in [0.3, 0.4) is 0 Å². The van der Waals surface area contributed by atoms with Crippen LogP contribution in [0.1, 0.15) is 35.3 Å². The van der Waals surface area contributed by atoms with Gasteiger partial charge in [0, 0.05) is 16.7 Å². The van der Waals surface area contributed by atoms with Gasteiger partial charge in [0.2, 0.25) is 0 Å². The third kappa shape index (κ3) is 4.99. The Bertz CT molecular complexity index is 786. The molecule has 0 aliphatic carbocycles. The van der Waals surface area contributed by atoms with Gasteiger partial charge in [-0.25, -0.2) is 0 Å². The number of ketones is 1. The van der Waals surface area contributed by atoms with E-state index in [1.807, 2.05) is 25.1 Å². The molecule has 0 amide bonds. The molecule has 0 aliphatic heterocycles. The lowest BCUT2D eigenvalue weighted by molar-refractivity contribution is 0.101. The van der Waals surface area contributed by atoms with Crippen molar-refractivity contribution >= 4 is 12.0 Å². The third-order valence-corrected chi connectivity index (χ3v) is 3.67. The van der Waals surface area contributed by atoms with Crippen LogP contribution in [0.25, 0.3) is 0 Å². The molecule has 0 aliphatic rings. The number of Topliss-reactive ketones (excluding diaryl/α,β-unsaturated/α-hetero) is 1. The van der Waals surface area contributed by atoms with E-state index in [1.165, 1.54) is 6.92 Å². The minimum atomic E-state index is -0.0149. The van der Waals surface area contributed by atoms with Crippen molar-refractivity contribution < 1.29 is 23.8 Å². The number of carbonyl (C=O) groups excluding carboxylic acids is 1. The summed E-state index contributed by atoms with van der Waals surface area (Å²) in [5.41, 5.74) is 2.17. The number of nitrogens with zero attached hydrogens (tertiary/aromatic N) is 1. The Labute approximate surface area is 153 Å². The normalized spacial score (nSPS) is 10.6. The molecule has 6 nitrogen and oxygen atoms in total. The lowest BCUT2D eigenvalue weighted by Crippen LogP contribution is -1.99. The molecule has 0 unspecified atom stereocenters. The van der Waals surface area contributed by atoms with Gasteiger partial charge in [0.05, 0.1) is 27.0 Å². The van der Waals surface area contributed by atoms with Crippen LogP contribution in [0.4, 0.5) is 0 Å². The molecule has 2 aromatic rings. The van der Waals surface area contributed by atoms with Gasteiger partial charge in [-0.05, 0) is 50.2 Å². The van der Waals surface area contributed by atoms with E-state index in [1.54, 1.807) is 38.6 Å². The first-order chi connectivity index (χ1) is 12.6. The number of rotatable bonds is 9. The number of hydrogen-bond donors (Lipinski definition) is 0. The van der Waals surface area contributed by atoms with Crippen molar-refractivity contribution in [2.24, 2.45) is 5.16 Å². The average molecular weight is 357 g/mol. The van der Waals surface area contributed by atoms with Crippen LogP contribution in [-0.2, 0) is 11.4 Å². The Hall–Kier alpha value is -3.02. The maximum atomic E-state index is 11.5. The summed E-state index contributed by atoms with van der Waals surface area (Å²) in [5, 5.41) is 3.98. The third-order valence-electron chi connectivity index (χ3n) is 3.67. The number of oxime groups is 1. The molecule has 2 rings (SSSR count). The lowest BCUT2D eigenvalue weighted by Gasteiger charge is -2.10. The minimum Gasteiger partial charge on any atom is -0.496 e. The highest BCUT2D eigenvalue weighted by atomic mass is 16.6. The molecule has 0 N–H and O–H groups in total. The van der Waals surface area contributed by atoms with Crippen LogP contribution in [-0.4, -0.2) is 32.8 Å². The quantitative estimate of drug-likeness (QED) is 0.387. The Morgan fingerprint density at radius 3 is 2.42 bits per heavy atom. The second-order valence-electron chi connectivity index (χ2n) is 5.43. The zero-order valence-corrected chi connectivity index (χ0v) is 15.4. The average Bonchev–Trinajstić information content (AvgIpc) is 2.66. The van der Waals surface area contributed by atoms with E-state index in [0.29, 0.717) is 29.4 Å². The van der Waals surface area contributed by atoms with Gasteiger partial charge in [0.1, 0.15) is 12.4 Å². The molecule has 0 heterocycles. The summed E-state index contributed by atoms with van der Waals surface area (Å²) in [6.45, 7) is 4.19. The number of benzene rings is 2. The molecule has 138 valence electrons. The first-order valence-corrected chi connectivity index (χ1v) is 8.23. The van der Waals surface area contributed by atoms with E-state index in [9.17, 15) is 4.79 Å². The molecule has 0 saturated heterocycles. The maximum Gasteiger partial charge on any atom is 0.161 e. The van der Waals surface area contributed by atoms with Gasteiger partial charge in [-0.1, -0.05) is 5.16 Å². The summed E-state index contributed by atoms with van der Waals surface area (Å²) in [7, 11) is 3.16. The van der Waals surface area contributed by atoms with E-state index in [4.69, 9.17) is 19.0 Å². The molecular formula is C20H23NO5. The van der Waals surface area contributed by atoms with Gasteiger partial charge in [-0.2, -0.15) is 0 Å². The van der Waals surface area contributed by atoms with Crippen molar-refractivity contribution in [2.45, 2.75) is 20.5 Å². The van der Waals surface area contributed by atoms with Crippen LogP contribution < -0.4 is 14.2 Å². The molecule has 0 radical (unpaired) electrons. The largest absolute Gasteiger partial charge is 0.496 e. The topological polar surface area (TPSA) is 66.4 Å². The van der Waals surface area contributed by atoms with E-state index in [2.05, 4.69) is 5.16 Å². The van der Waals surface area contributed by atoms with Crippen LogP contribution in [0.2, 0.25) is 0 Å². The predicted octanol–water partition coefficient (Wildman–Crippen LogP) is 3.86. The van der Waals surface area contributed by atoms with E-state index in [0.717, 1.165) is 11.1 Å². The van der Waals surface area contributed by atoms with Gasteiger partial charge < -0.3 is 19.0 Å². The number of carbonyl (C=O) groups is 1. The van der Waals surface area contributed by atoms with Gasteiger partial charge in [-0.3, -0.25) is 4.79 Å². The number of hydrogen-bond acceptors (Lipinski definition) is 6. The molecule has 0 spiro atoms. The van der Waals surface area contributed by atoms with Crippen LogP contribution >= 0.6 is 0 Å². The fourth-order valence-electron chi connectivity index (χ4n) is 2.35. The van der Waals surface area contributed by atoms with Gasteiger partial charge in [0.25, 0.3) is 0 Å². The fourth-order valence-corrected chi connectivity index (χ4v) is 2.35. The maximum absolute atomic E-state index is 11.5. The van der Waals surface area contributed by atoms with Gasteiger partial charge >= 0.3 is 0 Å². The molecule has 0 aromatic heterocycles. The summed E-state index contributed by atoms with van der Waals surface area (Å²) in [6, 6.07) is 10.7. The predicted molar refractivity (Wildman–Crippen MR) is 99.5 cm³/mol. The Kier molecular flexibility index (Phi) is 7.02. The lowest BCUT2D eigenvalue weighted by atomic mass is 10.1. The fraction of sp³-hybridized carbons (Fsp3) is 0.300. The SMILES string of the molecule is CCOc1ccc(/C=N/OCc2cc(C(C)=O)ccc2OC)cc1OC. The second kappa shape index (κ2) is 9.46. The summed E-state index contributed by atoms with van der Waals surface area (Å²) >= 11 is 0. The molecule has 0 fully saturated rings. The van der Waals surface area contributed by atoms with Crippen LogP contribution in [0.5, 0.6) is 17.2 Å². The van der Waals surface area contributed by atoms with Crippen molar-refractivity contribution in [2.75, 3.05) is 20.8 Å². The van der Waals surface area contributed by atoms with E-state index < -0.39 is 0 Å². The Morgan fingerprint density at radius 1 is 1.04 bits per heavy atom. The molecule has 6 heteroatoms. The van der Waals surface area contributed by atoms with E-state index >= 15 is 0 Å². The summed E-state index contributed by atoms with van der Waals surface area (Å²) in [6.07, 6.45) is 1.58. The van der Waals surface area contributed by atoms with Crippen molar-refractivity contribution in [3.8, 4) is 17.2 Å². The number of methoxy groups -OCH3 is 2. The zero-order valence-electron chi connectivity index (χ0n) is 15.4. The standard InChI is InChI=1S/C20H23NO5/c1-5-25-19-8-6-15(10-20(19)24-4)12-21-26-13-17-11-16(14(2)22)7-9-18(17)23-3/h6-12H,5,13H2,1-4H3/b21-12+. The molecule has 0 saturated carbocycles. The second-order valence-corrected chi connectivity index (χ2v) is 5.43. The smallest absolute Gasteiger partial charge is 0.161 e. The van der Waals surface area contributed by atoms with Crippen molar-refractivity contribution in [3.63, 3.8) is 0 Å². The molecule has 26 heavy (non-hydrogen) atoms. The first-order valence-electron chi connectivity index (χ1n) is 8.23. The molecular weight excluding hydrogens is 334 g/mol. The highest BCUT2D eigenvalue weighted by Crippen LogP contribution is 2.27. The van der Waals surface area contributed by atoms with Crippen molar-refractivity contribution in [3.05, 3.63) is 53.1 Å². The van der Waals surface area contributed by atoms with Gasteiger partial charge in [0.15, 0.2) is 17.3 Å². The van der Waals surface area contributed by atoms with Crippen LogP contribution in [0.15, 0.2) is 41.6 Å². The summed E-state index contributed by atoms with van der Waals surface area (Å²) in [4.78, 5) is 16.9. The summed E-state index contributed by atoms with van der Waals surface area (Å²) < 4.78 is 16.1. The molecule has 2 aromatic carbocycles. The first kappa shape index (κ1) is 19.3. The van der Waals surface area contributed by atoms with Crippen LogP contribution in [0, 0.1) is 0 Å². The van der Waals surface area contributed by atoms with Crippen molar-refractivity contribution in [1.29, 1.82) is 0 Å². The highest BCUT2D eigenvalue weighted by Gasteiger charge is 2.08. The van der Waals surface area contributed by atoms with E-state index in [-0.39, 0.29) is 12.4 Å². The molecule has 0 bridgehead atoms. The Morgan fingerprint density at radius 2 is 1.77 bits per heavy atom. The number of ether oxygens (including phenoxy) is 3.